The van der Waals surface area contributed by atoms with Crippen LogP contribution in [-0.4, -0.2) is 87.4 Å². The van der Waals surface area contributed by atoms with E-state index in [1.165, 1.54) is 11.3 Å². The maximum Gasteiger partial charge on any atom is 0.280 e. The highest BCUT2D eigenvalue weighted by atomic mass is 32.3. The van der Waals surface area contributed by atoms with Crippen molar-refractivity contribution in [3.63, 3.8) is 0 Å². The highest BCUT2D eigenvalue weighted by Gasteiger charge is 2.28. The molecule has 3 N–H and O–H groups in total. The SMILES string of the molecule is COC[C@@H](C)ON=C(C(=O)Nc1ncc(CN2CCN(C(C)=O)CC2)s1)c1ccc(S(O)(O)C2=CC2)cc1. The number of piperazine rings is 1. The molecule has 38 heavy (non-hydrogen) atoms. The van der Waals surface area contributed by atoms with Crippen molar-refractivity contribution >= 4 is 44.6 Å². The number of nitrogens with zero attached hydrogens (tertiary/aromatic N) is 4. The molecular weight excluding hydrogens is 530 g/mol. The van der Waals surface area contributed by atoms with Gasteiger partial charge in [0.1, 0.15) is 6.10 Å². The summed E-state index contributed by atoms with van der Waals surface area (Å²) in [6.45, 7) is 7.30. The van der Waals surface area contributed by atoms with E-state index in [4.69, 9.17) is 9.57 Å². The van der Waals surface area contributed by atoms with Gasteiger partial charge in [-0.3, -0.25) is 28.9 Å². The van der Waals surface area contributed by atoms with Crippen LogP contribution in [0.3, 0.4) is 0 Å². The Hall–Kier alpha value is -2.81. The number of benzene rings is 1. The number of allylic oxidation sites excluding steroid dienone is 2. The Balaban J connectivity index is 1.44. The molecule has 1 aromatic heterocycles. The summed E-state index contributed by atoms with van der Waals surface area (Å²) in [5.41, 5.74) is 0.481. The van der Waals surface area contributed by atoms with Crippen LogP contribution in [0.1, 0.15) is 30.7 Å². The van der Waals surface area contributed by atoms with Crippen molar-refractivity contribution in [3.05, 3.63) is 51.9 Å². The molecule has 1 fully saturated rings. The summed E-state index contributed by atoms with van der Waals surface area (Å²) in [6.07, 6.45) is 3.72. The number of hydrogen-bond donors (Lipinski definition) is 3. The number of aromatic nitrogens is 1. The molecule has 0 unspecified atom stereocenters. The second-order valence-corrected chi connectivity index (χ2v) is 12.3. The van der Waals surface area contributed by atoms with Crippen molar-refractivity contribution in [1.29, 1.82) is 0 Å². The number of nitrogens with one attached hydrogen (secondary N) is 1. The van der Waals surface area contributed by atoms with Crippen molar-refractivity contribution in [2.75, 3.05) is 45.2 Å². The Labute approximate surface area is 227 Å². The van der Waals surface area contributed by atoms with Crippen LogP contribution in [0.5, 0.6) is 0 Å². The standard InChI is InChI=1S/C25H33N5O6S2/c1-17(16-35-3)36-28-23(19-4-6-21(7-5-19)38(33,34)22-8-9-22)24(32)27-25-26-14-20(37-25)15-29-10-12-30(13-11-29)18(2)31/h4-8,14,17,33-34H,9-13,15-16H2,1-3H3,(H,26,27,32)/t17-/m1/s1. The van der Waals surface area contributed by atoms with Crippen LogP contribution in [0.25, 0.3) is 0 Å². The molecule has 13 heteroatoms. The molecule has 2 aliphatic rings. The summed E-state index contributed by atoms with van der Waals surface area (Å²) in [5.74, 6) is -0.413. The average Bonchev–Trinajstić information content (AvgIpc) is 3.67. The third-order valence-electron chi connectivity index (χ3n) is 6.10. The van der Waals surface area contributed by atoms with Crippen LogP contribution < -0.4 is 5.32 Å². The molecule has 0 saturated carbocycles. The van der Waals surface area contributed by atoms with Gasteiger partial charge in [0.05, 0.1) is 11.5 Å². The number of thiazole rings is 1. The Morgan fingerprint density at radius 2 is 1.89 bits per heavy atom. The molecule has 0 bridgehead atoms. The molecule has 2 heterocycles. The Morgan fingerprint density at radius 1 is 1.21 bits per heavy atom. The van der Waals surface area contributed by atoms with Crippen molar-refractivity contribution in [2.45, 2.75) is 37.8 Å². The topological polar surface area (TPSA) is 137 Å². The lowest BCUT2D eigenvalue weighted by Gasteiger charge is -2.33. The van der Waals surface area contributed by atoms with Crippen LogP contribution in [-0.2, 0) is 25.7 Å². The smallest absolute Gasteiger partial charge is 0.280 e. The second-order valence-electron chi connectivity index (χ2n) is 9.13. The fraction of sp³-hybridized carbons (Fsp3) is 0.440. The first-order valence-electron chi connectivity index (χ1n) is 12.2. The van der Waals surface area contributed by atoms with E-state index in [0.717, 1.165) is 18.0 Å². The predicted octanol–water partition coefficient (Wildman–Crippen LogP) is 3.60. The number of carbonyl (C=O) groups excluding carboxylic acids is 2. The molecule has 11 nitrogen and oxygen atoms in total. The van der Waals surface area contributed by atoms with Gasteiger partial charge in [-0.1, -0.05) is 23.4 Å². The second kappa shape index (κ2) is 12.4. The quantitative estimate of drug-likeness (QED) is 0.279. The lowest BCUT2D eigenvalue weighted by molar-refractivity contribution is -0.130. The first-order chi connectivity index (χ1) is 18.2. The Bertz CT molecular complexity index is 1210. The minimum absolute atomic E-state index is 0.0266. The summed E-state index contributed by atoms with van der Waals surface area (Å²) >= 11 is 1.37. The van der Waals surface area contributed by atoms with Gasteiger partial charge in [-0.2, -0.15) is 0 Å². The van der Waals surface area contributed by atoms with E-state index in [0.29, 0.717) is 53.2 Å². The van der Waals surface area contributed by atoms with E-state index < -0.39 is 16.5 Å². The van der Waals surface area contributed by atoms with E-state index in [-0.39, 0.29) is 17.7 Å². The monoisotopic (exact) mass is 563 g/mol. The normalized spacial score (nSPS) is 17.6. The fourth-order valence-electron chi connectivity index (χ4n) is 3.90. The van der Waals surface area contributed by atoms with Gasteiger partial charge in [0.2, 0.25) is 5.91 Å². The summed E-state index contributed by atoms with van der Waals surface area (Å²) in [5, 5.41) is 7.33. The molecule has 1 aliphatic carbocycles. The maximum atomic E-state index is 13.2. The lowest BCUT2D eigenvalue weighted by Crippen LogP contribution is -2.47. The molecule has 2 amide bonds. The van der Waals surface area contributed by atoms with Gasteiger partial charge in [0.15, 0.2) is 10.8 Å². The largest absolute Gasteiger partial charge is 0.390 e. The summed E-state index contributed by atoms with van der Waals surface area (Å²) in [6, 6.07) is 6.39. The van der Waals surface area contributed by atoms with Gasteiger partial charge < -0.3 is 14.5 Å². The molecule has 0 radical (unpaired) electrons. The molecule has 2 aromatic rings. The van der Waals surface area contributed by atoms with Gasteiger partial charge >= 0.3 is 0 Å². The molecule has 1 saturated heterocycles. The molecule has 1 aliphatic heterocycles. The highest BCUT2D eigenvalue weighted by molar-refractivity contribution is 8.27. The minimum Gasteiger partial charge on any atom is -0.390 e. The first-order valence-corrected chi connectivity index (χ1v) is 14.6. The third-order valence-corrected chi connectivity index (χ3v) is 9.00. The van der Waals surface area contributed by atoms with Crippen LogP contribution in [0, 0.1) is 0 Å². The zero-order valence-electron chi connectivity index (χ0n) is 21.6. The van der Waals surface area contributed by atoms with Gasteiger partial charge in [-0.15, -0.1) is 21.9 Å². The summed E-state index contributed by atoms with van der Waals surface area (Å²) in [7, 11) is -1.44. The van der Waals surface area contributed by atoms with Crippen molar-refractivity contribution in [3.8, 4) is 0 Å². The van der Waals surface area contributed by atoms with Crippen molar-refractivity contribution < 1.29 is 28.3 Å². The first kappa shape index (κ1) is 28.2. The van der Waals surface area contributed by atoms with Crippen LogP contribution in [0.15, 0.2) is 51.5 Å². The number of oxime groups is 1. The Kier molecular flexibility index (Phi) is 9.18. The average molecular weight is 564 g/mol. The molecule has 0 spiro atoms. The van der Waals surface area contributed by atoms with E-state index in [2.05, 4.69) is 20.4 Å². The van der Waals surface area contributed by atoms with E-state index >= 15 is 0 Å². The van der Waals surface area contributed by atoms with Crippen LogP contribution in [0.2, 0.25) is 0 Å². The molecule has 4 rings (SSSR count). The fourth-order valence-corrected chi connectivity index (χ4v) is 6.11. The zero-order valence-corrected chi connectivity index (χ0v) is 23.3. The molecule has 1 aromatic carbocycles. The summed E-state index contributed by atoms with van der Waals surface area (Å²) < 4.78 is 26.0. The summed E-state index contributed by atoms with van der Waals surface area (Å²) in [4.78, 5) is 40.7. The Morgan fingerprint density at radius 3 is 2.50 bits per heavy atom. The van der Waals surface area contributed by atoms with Gasteiger partial charge in [-0.25, -0.2) is 4.98 Å². The van der Waals surface area contributed by atoms with Crippen molar-refractivity contribution in [2.24, 2.45) is 5.16 Å². The maximum absolute atomic E-state index is 13.2. The van der Waals surface area contributed by atoms with Crippen molar-refractivity contribution in [1.82, 2.24) is 14.8 Å². The molecule has 206 valence electrons. The number of anilines is 1. The van der Waals surface area contributed by atoms with E-state index in [9.17, 15) is 18.7 Å². The predicted molar refractivity (Wildman–Crippen MR) is 147 cm³/mol. The number of methoxy groups -OCH3 is 1. The third kappa shape index (κ3) is 7.18. The lowest BCUT2D eigenvalue weighted by atomic mass is 10.1. The minimum atomic E-state index is -2.99. The number of rotatable bonds is 11. The highest BCUT2D eigenvalue weighted by Crippen LogP contribution is 2.61. The van der Waals surface area contributed by atoms with Gasteiger partial charge in [0, 0.05) is 74.7 Å². The van der Waals surface area contributed by atoms with E-state index in [1.54, 1.807) is 57.5 Å². The van der Waals surface area contributed by atoms with E-state index in [1.807, 2.05) is 4.90 Å². The number of amides is 2. The number of hydrogen-bond acceptors (Lipinski definition) is 10. The van der Waals surface area contributed by atoms with Crippen LogP contribution in [0.4, 0.5) is 5.13 Å². The molecule has 1 atom stereocenters. The zero-order chi connectivity index (χ0) is 27.3. The number of ether oxygens (including phenoxy) is 1. The molecular formula is C25H33N5O6S2. The van der Waals surface area contributed by atoms with Gasteiger partial charge in [-0.05, 0) is 19.1 Å². The van der Waals surface area contributed by atoms with Gasteiger partial charge in [0.25, 0.3) is 5.91 Å². The number of carbonyl (C=O) groups is 2. The van der Waals surface area contributed by atoms with Crippen LogP contribution >= 0.6 is 21.9 Å².